The van der Waals surface area contributed by atoms with Crippen LogP contribution in [0.4, 0.5) is 5.13 Å². The summed E-state index contributed by atoms with van der Waals surface area (Å²) >= 11 is 13.2. The Morgan fingerprint density at radius 1 is 1.28 bits per heavy atom. The van der Waals surface area contributed by atoms with E-state index in [2.05, 4.69) is 10.2 Å². The third-order valence-electron chi connectivity index (χ3n) is 4.24. The monoisotopic (exact) mass is 395 g/mol. The summed E-state index contributed by atoms with van der Waals surface area (Å²) in [6.07, 6.45) is 1.52. The molecule has 4 rings (SSSR count). The van der Waals surface area contributed by atoms with Gasteiger partial charge in [-0.05, 0) is 30.5 Å². The van der Waals surface area contributed by atoms with Gasteiger partial charge in [0.2, 0.25) is 5.13 Å². The third kappa shape index (κ3) is 2.72. The number of carbonyl (C=O) groups is 2. The number of halogens is 2. The highest BCUT2D eigenvalue weighted by Crippen LogP contribution is 2.46. The second-order valence-corrected chi connectivity index (χ2v) is 7.50. The van der Waals surface area contributed by atoms with Crippen molar-refractivity contribution >= 4 is 51.4 Å². The number of carbonyl (C=O) groups excluding carboxylic acids is 2. The molecular weight excluding hydrogens is 385 g/mol. The Morgan fingerprint density at radius 2 is 2.04 bits per heavy atom. The van der Waals surface area contributed by atoms with Gasteiger partial charge in [0.15, 0.2) is 11.5 Å². The number of aromatic nitrogens is 2. The second-order valence-electron chi connectivity index (χ2n) is 5.87. The predicted octanol–water partition coefficient (Wildman–Crippen LogP) is 3.72. The van der Waals surface area contributed by atoms with Crippen LogP contribution in [-0.2, 0) is 9.59 Å². The first-order valence-corrected chi connectivity index (χ1v) is 9.14. The molecule has 2 aromatic rings. The molecule has 128 valence electrons. The van der Waals surface area contributed by atoms with Crippen molar-refractivity contribution in [2.75, 3.05) is 4.90 Å². The van der Waals surface area contributed by atoms with Crippen LogP contribution in [0.15, 0.2) is 35.0 Å². The van der Waals surface area contributed by atoms with Crippen LogP contribution >= 0.6 is 34.5 Å². The summed E-state index contributed by atoms with van der Waals surface area (Å²) in [5.41, 5.74) is 2.14. The van der Waals surface area contributed by atoms with E-state index in [1.54, 1.807) is 18.2 Å². The molecule has 1 aliphatic heterocycles. The van der Waals surface area contributed by atoms with Crippen LogP contribution in [0.3, 0.4) is 0 Å². The first kappa shape index (κ1) is 16.5. The number of anilines is 1. The van der Waals surface area contributed by atoms with Crippen molar-refractivity contribution in [2.24, 2.45) is 5.92 Å². The lowest BCUT2D eigenvalue weighted by molar-refractivity contribution is -0.118. The largest absolute Gasteiger partial charge is 0.503 e. The third-order valence-corrected chi connectivity index (χ3v) is 5.66. The molecule has 1 aromatic carbocycles. The molecule has 6 nitrogen and oxygen atoms in total. The molecule has 0 saturated heterocycles. The lowest BCUT2D eigenvalue weighted by Crippen LogP contribution is -2.31. The molecule has 0 spiro atoms. The van der Waals surface area contributed by atoms with Crippen molar-refractivity contribution in [3.8, 4) is 0 Å². The van der Waals surface area contributed by atoms with Gasteiger partial charge >= 0.3 is 0 Å². The van der Waals surface area contributed by atoms with Gasteiger partial charge in [-0.3, -0.25) is 14.5 Å². The lowest BCUT2D eigenvalue weighted by atomic mass is 9.94. The number of ketones is 1. The van der Waals surface area contributed by atoms with Crippen LogP contribution in [0.2, 0.25) is 10.0 Å². The minimum absolute atomic E-state index is 0.0843. The highest BCUT2D eigenvalue weighted by molar-refractivity contribution is 7.13. The zero-order chi connectivity index (χ0) is 17.7. The number of nitrogens with zero attached hydrogens (tertiary/aromatic N) is 3. The molecule has 25 heavy (non-hydrogen) atoms. The maximum atomic E-state index is 12.7. The van der Waals surface area contributed by atoms with Gasteiger partial charge in [-0.2, -0.15) is 0 Å². The van der Waals surface area contributed by atoms with Gasteiger partial charge in [0.1, 0.15) is 5.51 Å². The van der Waals surface area contributed by atoms with Crippen LogP contribution < -0.4 is 4.90 Å². The summed E-state index contributed by atoms with van der Waals surface area (Å²) < 4.78 is 0. The molecule has 2 aliphatic rings. The van der Waals surface area contributed by atoms with E-state index in [1.165, 1.54) is 10.4 Å². The average Bonchev–Trinajstić information content (AvgIpc) is 3.25. The maximum absolute atomic E-state index is 12.7. The van der Waals surface area contributed by atoms with Gasteiger partial charge in [0, 0.05) is 5.92 Å². The van der Waals surface area contributed by atoms with E-state index in [-0.39, 0.29) is 17.3 Å². The summed E-state index contributed by atoms with van der Waals surface area (Å²) in [4.78, 5) is 26.6. The van der Waals surface area contributed by atoms with E-state index in [0.29, 0.717) is 20.7 Å². The summed E-state index contributed by atoms with van der Waals surface area (Å²) in [5, 5.41) is 19.0. The van der Waals surface area contributed by atoms with Crippen molar-refractivity contribution in [3.63, 3.8) is 0 Å². The number of aliphatic hydroxyl groups is 1. The summed E-state index contributed by atoms with van der Waals surface area (Å²) in [5.74, 6) is -1.57. The average molecular weight is 396 g/mol. The van der Waals surface area contributed by atoms with E-state index in [1.807, 2.05) is 0 Å². The number of benzene rings is 1. The van der Waals surface area contributed by atoms with Gasteiger partial charge in [0.05, 0.1) is 21.7 Å². The maximum Gasteiger partial charge on any atom is 0.296 e. The highest BCUT2D eigenvalue weighted by Gasteiger charge is 2.48. The molecule has 1 amide bonds. The zero-order valence-electron chi connectivity index (χ0n) is 12.6. The molecule has 9 heteroatoms. The predicted molar refractivity (Wildman–Crippen MR) is 94.0 cm³/mol. The van der Waals surface area contributed by atoms with E-state index in [9.17, 15) is 14.7 Å². The molecule has 0 bridgehead atoms. The van der Waals surface area contributed by atoms with Gasteiger partial charge in [-0.25, -0.2) is 0 Å². The Morgan fingerprint density at radius 3 is 2.64 bits per heavy atom. The summed E-state index contributed by atoms with van der Waals surface area (Å²) in [6.45, 7) is 0. The molecule has 1 saturated carbocycles. The fourth-order valence-electron chi connectivity index (χ4n) is 2.89. The molecule has 1 aromatic heterocycles. The van der Waals surface area contributed by atoms with Crippen LogP contribution in [-0.4, -0.2) is 27.0 Å². The van der Waals surface area contributed by atoms with Gasteiger partial charge < -0.3 is 5.11 Å². The Kier molecular flexibility index (Phi) is 4.02. The fraction of sp³-hybridized carbons (Fsp3) is 0.250. The van der Waals surface area contributed by atoms with E-state index >= 15 is 0 Å². The number of Topliss-reactive ketones (excluding diaryl/α,β-unsaturated/α-hetero) is 1. The van der Waals surface area contributed by atoms with Crippen molar-refractivity contribution in [2.45, 2.75) is 18.9 Å². The van der Waals surface area contributed by atoms with Crippen LogP contribution in [0.25, 0.3) is 0 Å². The first-order valence-electron chi connectivity index (χ1n) is 7.51. The number of hydrogen-bond acceptors (Lipinski definition) is 6. The van der Waals surface area contributed by atoms with Gasteiger partial charge in [-0.1, -0.05) is 40.6 Å². The van der Waals surface area contributed by atoms with E-state index in [4.69, 9.17) is 23.2 Å². The summed E-state index contributed by atoms with van der Waals surface area (Å²) in [7, 11) is 0. The molecule has 0 radical (unpaired) electrons. The Balaban J connectivity index is 1.87. The minimum Gasteiger partial charge on any atom is -0.503 e. The van der Waals surface area contributed by atoms with Gasteiger partial charge in [-0.15, -0.1) is 10.2 Å². The molecule has 2 heterocycles. The second kappa shape index (κ2) is 6.09. The molecule has 1 unspecified atom stereocenters. The highest BCUT2D eigenvalue weighted by atomic mass is 35.5. The number of aliphatic hydroxyl groups excluding tert-OH is 1. The van der Waals surface area contributed by atoms with Crippen molar-refractivity contribution in [1.82, 2.24) is 10.2 Å². The Hall–Kier alpha value is -1.96. The normalized spacial score (nSPS) is 20.5. The SMILES string of the molecule is O=C(C1=C(O)C(=O)N(c2nncs2)C1c1ccc(Cl)c(Cl)c1)C1CC1. The van der Waals surface area contributed by atoms with E-state index < -0.39 is 17.7 Å². The van der Waals surface area contributed by atoms with Crippen LogP contribution in [0.5, 0.6) is 0 Å². The Bertz CT molecular complexity index is 909. The van der Waals surface area contributed by atoms with Crippen molar-refractivity contribution in [3.05, 3.63) is 50.7 Å². The molecule has 1 atom stereocenters. The van der Waals surface area contributed by atoms with Gasteiger partial charge in [0.25, 0.3) is 5.91 Å². The van der Waals surface area contributed by atoms with E-state index in [0.717, 1.165) is 24.2 Å². The van der Waals surface area contributed by atoms with Crippen LogP contribution in [0, 0.1) is 5.92 Å². The fourth-order valence-corrected chi connectivity index (χ4v) is 3.78. The molecular formula is C16H11Cl2N3O3S. The van der Waals surface area contributed by atoms with Crippen molar-refractivity contribution in [1.29, 1.82) is 0 Å². The topological polar surface area (TPSA) is 83.4 Å². The van der Waals surface area contributed by atoms with Crippen LogP contribution in [0.1, 0.15) is 24.4 Å². The zero-order valence-corrected chi connectivity index (χ0v) is 15.0. The number of amides is 1. The smallest absolute Gasteiger partial charge is 0.296 e. The summed E-state index contributed by atoms with van der Waals surface area (Å²) in [6, 6.07) is 4.06. The lowest BCUT2D eigenvalue weighted by Gasteiger charge is -2.24. The number of rotatable bonds is 4. The molecule has 1 N–H and O–H groups in total. The quantitative estimate of drug-likeness (QED) is 0.852. The first-order chi connectivity index (χ1) is 12.0. The standard InChI is InChI=1S/C16H11Cl2N3O3S/c17-9-4-3-8(5-10(9)18)12-11(13(22)7-1-2-7)14(23)15(24)21(12)16-20-19-6-25-16/h3-7,12,23H,1-2H2. The Labute approximate surface area is 156 Å². The van der Waals surface area contributed by atoms with Crippen molar-refractivity contribution < 1.29 is 14.7 Å². The number of hydrogen-bond donors (Lipinski definition) is 1. The molecule has 1 aliphatic carbocycles. The minimum atomic E-state index is -0.802. The molecule has 1 fully saturated rings.